The van der Waals surface area contributed by atoms with Crippen molar-refractivity contribution in [1.29, 1.82) is 0 Å². The largest absolute Gasteiger partial charge is 0.378 e. The maximum absolute atomic E-state index is 10.4. The van der Waals surface area contributed by atoms with Crippen LogP contribution in [0, 0.1) is 13.8 Å². The molecular formula is C28H39N3O. The molecule has 1 aromatic heterocycles. The number of pyridine rings is 1. The molecule has 3 aromatic rings. The first-order valence-electron chi connectivity index (χ1n) is 11.4. The van der Waals surface area contributed by atoms with Gasteiger partial charge in [-0.3, -0.25) is 9.78 Å². The van der Waals surface area contributed by atoms with E-state index in [2.05, 4.69) is 80.6 Å². The number of carbonyl (C=O) groups is 1. The first kappa shape index (κ1) is 26.9. The van der Waals surface area contributed by atoms with E-state index >= 15 is 0 Å². The van der Waals surface area contributed by atoms with Crippen LogP contribution in [0.25, 0.3) is 0 Å². The van der Waals surface area contributed by atoms with Crippen molar-refractivity contribution in [3.63, 3.8) is 0 Å². The molecule has 0 saturated heterocycles. The minimum Gasteiger partial charge on any atom is -0.378 e. The summed E-state index contributed by atoms with van der Waals surface area (Å²) in [7, 11) is 0. The molecule has 0 bridgehead atoms. The normalized spacial score (nSPS) is 10.8. The molecule has 0 spiro atoms. The Morgan fingerprint density at radius 1 is 0.875 bits per heavy atom. The van der Waals surface area contributed by atoms with Crippen LogP contribution in [0.4, 0.5) is 5.69 Å². The van der Waals surface area contributed by atoms with Crippen molar-refractivity contribution in [1.82, 2.24) is 10.3 Å². The van der Waals surface area contributed by atoms with Gasteiger partial charge in [-0.2, -0.15) is 0 Å². The van der Waals surface area contributed by atoms with Crippen LogP contribution in [-0.2, 0) is 11.3 Å². The van der Waals surface area contributed by atoms with Gasteiger partial charge in [-0.05, 0) is 67.1 Å². The van der Waals surface area contributed by atoms with Crippen molar-refractivity contribution < 1.29 is 4.79 Å². The summed E-state index contributed by atoms with van der Waals surface area (Å²) in [5, 5.41) is 6.20. The van der Waals surface area contributed by atoms with E-state index in [0.29, 0.717) is 12.5 Å². The number of hydrogen-bond donors (Lipinski definition) is 2. The van der Waals surface area contributed by atoms with E-state index in [1.54, 1.807) is 12.4 Å². The van der Waals surface area contributed by atoms with Crippen LogP contribution in [-0.4, -0.2) is 11.4 Å². The maximum atomic E-state index is 10.4. The summed E-state index contributed by atoms with van der Waals surface area (Å²) in [6.45, 7) is 15.3. The predicted molar refractivity (Wildman–Crippen MR) is 137 cm³/mol. The third-order valence-electron chi connectivity index (χ3n) is 5.14. The topological polar surface area (TPSA) is 54.0 Å². The summed E-state index contributed by atoms with van der Waals surface area (Å²) in [5.74, 6) is 0.653. The third-order valence-corrected chi connectivity index (χ3v) is 5.14. The van der Waals surface area contributed by atoms with Crippen LogP contribution in [0.3, 0.4) is 0 Å². The Kier molecular flexibility index (Phi) is 12.4. The summed E-state index contributed by atoms with van der Waals surface area (Å²) in [5.41, 5.74) is 7.30. The molecule has 0 fully saturated rings. The molecule has 4 heteroatoms. The molecule has 32 heavy (non-hydrogen) atoms. The van der Waals surface area contributed by atoms with Crippen LogP contribution in [0.15, 0.2) is 67.0 Å². The fraction of sp³-hybridized carbons (Fsp3) is 0.357. The SMILES string of the molecule is CC.Cc1c(CNC=O)cccc1NC(C)c1ccncc1.Cc1ccc(C(C)C)cc1. The molecule has 0 saturated carbocycles. The number of benzene rings is 2. The fourth-order valence-electron chi connectivity index (χ4n) is 3.10. The van der Waals surface area contributed by atoms with Crippen molar-refractivity contribution in [2.75, 3.05) is 5.32 Å². The Bertz CT molecular complexity index is 906. The number of amides is 1. The molecule has 0 aliphatic rings. The van der Waals surface area contributed by atoms with Crippen LogP contribution in [0.5, 0.6) is 0 Å². The van der Waals surface area contributed by atoms with Crippen LogP contribution < -0.4 is 10.6 Å². The summed E-state index contributed by atoms with van der Waals surface area (Å²) < 4.78 is 0. The van der Waals surface area contributed by atoms with Gasteiger partial charge in [0.25, 0.3) is 0 Å². The van der Waals surface area contributed by atoms with Crippen LogP contribution in [0.2, 0.25) is 0 Å². The molecule has 0 aliphatic carbocycles. The average Bonchev–Trinajstić information content (AvgIpc) is 2.82. The van der Waals surface area contributed by atoms with Gasteiger partial charge in [-0.15, -0.1) is 0 Å². The number of aryl methyl sites for hydroxylation is 1. The smallest absolute Gasteiger partial charge is 0.207 e. The van der Waals surface area contributed by atoms with Crippen molar-refractivity contribution >= 4 is 12.1 Å². The zero-order valence-corrected chi connectivity index (χ0v) is 20.6. The highest BCUT2D eigenvalue weighted by atomic mass is 16.1. The molecule has 0 aliphatic heterocycles. The van der Waals surface area contributed by atoms with E-state index in [4.69, 9.17) is 0 Å². The Hall–Kier alpha value is -3.14. The Morgan fingerprint density at radius 3 is 2.06 bits per heavy atom. The molecular weight excluding hydrogens is 394 g/mol. The van der Waals surface area contributed by atoms with Gasteiger partial charge in [-0.25, -0.2) is 0 Å². The molecule has 2 N–H and O–H groups in total. The van der Waals surface area contributed by atoms with E-state index in [9.17, 15) is 4.79 Å². The van der Waals surface area contributed by atoms with Gasteiger partial charge in [0.2, 0.25) is 6.41 Å². The lowest BCUT2D eigenvalue weighted by Crippen LogP contribution is -2.13. The van der Waals surface area contributed by atoms with Crippen molar-refractivity contribution in [2.24, 2.45) is 0 Å². The molecule has 172 valence electrons. The minimum absolute atomic E-state index is 0.200. The number of nitrogens with one attached hydrogen (secondary N) is 2. The summed E-state index contributed by atoms with van der Waals surface area (Å²) in [4.78, 5) is 14.4. The highest BCUT2D eigenvalue weighted by molar-refractivity contribution is 5.56. The van der Waals surface area contributed by atoms with Gasteiger partial charge in [0, 0.05) is 30.7 Å². The van der Waals surface area contributed by atoms with E-state index in [-0.39, 0.29) is 6.04 Å². The van der Waals surface area contributed by atoms with Gasteiger partial charge in [0.1, 0.15) is 0 Å². The van der Waals surface area contributed by atoms with Crippen molar-refractivity contribution in [2.45, 2.75) is 67.0 Å². The van der Waals surface area contributed by atoms with Gasteiger partial charge in [0.15, 0.2) is 0 Å². The summed E-state index contributed by atoms with van der Waals surface area (Å²) in [6, 6.07) is 19.0. The number of nitrogens with zero attached hydrogens (tertiary/aromatic N) is 1. The van der Waals surface area contributed by atoms with Gasteiger partial charge in [-0.1, -0.05) is 69.7 Å². The molecule has 1 atom stereocenters. The van der Waals surface area contributed by atoms with E-state index in [1.807, 2.05) is 38.1 Å². The third kappa shape index (κ3) is 8.93. The Morgan fingerprint density at radius 2 is 1.50 bits per heavy atom. The summed E-state index contributed by atoms with van der Waals surface area (Å²) >= 11 is 0. The molecule has 0 radical (unpaired) electrons. The number of anilines is 1. The first-order chi connectivity index (χ1) is 15.4. The number of rotatable bonds is 7. The highest BCUT2D eigenvalue weighted by Gasteiger charge is 2.08. The minimum atomic E-state index is 0.200. The number of carbonyl (C=O) groups excluding carboxylic acids is 1. The molecule has 1 amide bonds. The van der Waals surface area contributed by atoms with Gasteiger partial charge < -0.3 is 10.6 Å². The second kappa shape index (κ2) is 14.8. The zero-order chi connectivity index (χ0) is 23.9. The highest BCUT2D eigenvalue weighted by Crippen LogP contribution is 2.24. The standard InChI is InChI=1S/C16H19N3O.C10H14.C2H6/c1-12-15(10-18-11-20)4-3-5-16(12)19-13(2)14-6-8-17-9-7-14;1-8(2)10-6-4-9(3)5-7-10;1-2/h3-9,11,13,19H,10H2,1-2H3,(H,18,20);4-8H,1-3H3;1-2H3. The zero-order valence-electron chi connectivity index (χ0n) is 20.6. The van der Waals surface area contributed by atoms with E-state index in [1.165, 1.54) is 16.7 Å². The molecule has 1 unspecified atom stereocenters. The van der Waals surface area contributed by atoms with Crippen LogP contribution in [0.1, 0.15) is 74.4 Å². The predicted octanol–water partition coefficient (Wildman–Crippen LogP) is 6.95. The number of hydrogen-bond acceptors (Lipinski definition) is 3. The average molecular weight is 434 g/mol. The lowest BCUT2D eigenvalue weighted by atomic mass is 10.0. The van der Waals surface area contributed by atoms with Gasteiger partial charge >= 0.3 is 0 Å². The van der Waals surface area contributed by atoms with Crippen molar-refractivity contribution in [3.05, 3.63) is 94.8 Å². The second-order valence-corrected chi connectivity index (χ2v) is 7.80. The Balaban J connectivity index is 0.000000358. The van der Waals surface area contributed by atoms with Crippen molar-refractivity contribution in [3.8, 4) is 0 Å². The first-order valence-corrected chi connectivity index (χ1v) is 11.4. The maximum Gasteiger partial charge on any atom is 0.207 e. The van der Waals surface area contributed by atoms with E-state index < -0.39 is 0 Å². The lowest BCUT2D eigenvalue weighted by molar-refractivity contribution is -0.109. The summed E-state index contributed by atoms with van der Waals surface area (Å²) in [6.07, 6.45) is 4.31. The molecule has 2 aromatic carbocycles. The fourth-order valence-corrected chi connectivity index (χ4v) is 3.10. The van der Waals surface area contributed by atoms with Crippen LogP contribution >= 0.6 is 0 Å². The van der Waals surface area contributed by atoms with Gasteiger partial charge in [0.05, 0.1) is 0 Å². The van der Waals surface area contributed by atoms with E-state index in [0.717, 1.165) is 23.2 Å². The molecule has 3 rings (SSSR count). The molecule has 4 nitrogen and oxygen atoms in total. The second-order valence-electron chi connectivity index (χ2n) is 7.80. The number of aromatic nitrogens is 1. The monoisotopic (exact) mass is 433 g/mol. The lowest BCUT2D eigenvalue weighted by Gasteiger charge is -2.19. The quantitative estimate of drug-likeness (QED) is 0.396. The Labute approximate surface area is 194 Å². The molecule has 1 heterocycles.